The molecule has 0 spiro atoms. The highest BCUT2D eigenvalue weighted by Crippen LogP contribution is 2.29. The van der Waals surface area contributed by atoms with Gasteiger partial charge in [0.2, 0.25) is 15.8 Å². The Morgan fingerprint density at radius 1 is 1.18 bits per heavy atom. The zero-order chi connectivity index (χ0) is 23.9. The molecule has 0 radical (unpaired) electrons. The molecule has 4 aromatic rings. The van der Waals surface area contributed by atoms with Gasteiger partial charge in [0.1, 0.15) is 23.8 Å². The van der Waals surface area contributed by atoms with E-state index in [1.165, 1.54) is 20.2 Å². The molecular weight excluding hydrogens is 446 g/mol. The molecular formula is C23H25N3O6S. The molecule has 174 valence electrons. The van der Waals surface area contributed by atoms with Gasteiger partial charge in [0, 0.05) is 31.6 Å². The Morgan fingerprint density at radius 2 is 1.94 bits per heavy atom. The van der Waals surface area contributed by atoms with E-state index in [9.17, 15) is 13.2 Å². The maximum absolute atomic E-state index is 12.8. The fourth-order valence-corrected chi connectivity index (χ4v) is 4.63. The number of imidazole rings is 1. The number of methoxy groups -OCH3 is 1. The zero-order valence-corrected chi connectivity index (χ0v) is 19.9. The number of aromatic nitrogens is 2. The molecule has 2 aromatic heterocycles. The number of carbonyl (C=O) groups excluding carboxylic acids is 1. The van der Waals surface area contributed by atoms with Crippen LogP contribution in [0.25, 0.3) is 22.0 Å². The predicted octanol–water partition coefficient (Wildman–Crippen LogP) is 3.73. The Balaban J connectivity index is 1.62. The molecule has 33 heavy (non-hydrogen) atoms. The first-order chi connectivity index (χ1) is 15.7. The van der Waals surface area contributed by atoms with Crippen LogP contribution in [0.15, 0.2) is 45.7 Å². The van der Waals surface area contributed by atoms with Crippen LogP contribution in [0.2, 0.25) is 0 Å². The van der Waals surface area contributed by atoms with Crippen LogP contribution in [0.5, 0.6) is 5.75 Å². The number of fused-ring (bicyclic) bond motifs is 2. The largest absolute Gasteiger partial charge is 0.497 e. The van der Waals surface area contributed by atoms with Crippen LogP contribution >= 0.6 is 0 Å². The maximum atomic E-state index is 12.8. The summed E-state index contributed by atoms with van der Waals surface area (Å²) in [5.41, 5.74) is 2.50. The third-order valence-corrected chi connectivity index (χ3v) is 7.37. The van der Waals surface area contributed by atoms with E-state index in [1.54, 1.807) is 44.4 Å². The van der Waals surface area contributed by atoms with Crippen LogP contribution in [0.3, 0.4) is 0 Å². The minimum Gasteiger partial charge on any atom is -0.497 e. The number of hydrogen-bond acceptors (Lipinski definition) is 7. The Hall–Kier alpha value is -3.37. The van der Waals surface area contributed by atoms with E-state index in [1.807, 2.05) is 11.5 Å². The molecule has 4 rings (SSSR count). The molecule has 0 bridgehead atoms. The van der Waals surface area contributed by atoms with Gasteiger partial charge in [-0.15, -0.1) is 0 Å². The van der Waals surface area contributed by atoms with E-state index in [2.05, 4.69) is 4.98 Å². The number of furan rings is 1. The van der Waals surface area contributed by atoms with Crippen molar-refractivity contribution < 1.29 is 27.1 Å². The van der Waals surface area contributed by atoms with E-state index in [-0.39, 0.29) is 17.3 Å². The Labute approximate surface area is 191 Å². The Bertz CT molecular complexity index is 1470. The number of benzene rings is 2. The minimum atomic E-state index is -3.59. The quantitative estimate of drug-likeness (QED) is 0.378. The molecule has 0 aliphatic carbocycles. The summed E-state index contributed by atoms with van der Waals surface area (Å²) < 4.78 is 44.4. The van der Waals surface area contributed by atoms with Crippen LogP contribution in [-0.4, -0.2) is 49.4 Å². The van der Waals surface area contributed by atoms with Crippen LogP contribution in [0.4, 0.5) is 0 Å². The van der Waals surface area contributed by atoms with Gasteiger partial charge in [-0.1, -0.05) is 0 Å². The maximum Gasteiger partial charge on any atom is 0.375 e. The first-order valence-corrected chi connectivity index (χ1v) is 11.8. The second-order valence-electron chi connectivity index (χ2n) is 7.70. The number of ether oxygens (including phenoxy) is 2. The van der Waals surface area contributed by atoms with Crippen LogP contribution < -0.4 is 4.74 Å². The normalized spacial score (nSPS) is 12.1. The summed E-state index contributed by atoms with van der Waals surface area (Å²) in [5.74, 6) is 0.694. The van der Waals surface area contributed by atoms with Crippen molar-refractivity contribution in [2.45, 2.75) is 31.9 Å². The average Bonchev–Trinajstić information content (AvgIpc) is 3.33. The van der Waals surface area contributed by atoms with Crippen molar-refractivity contribution in [1.29, 1.82) is 0 Å². The van der Waals surface area contributed by atoms with Gasteiger partial charge >= 0.3 is 5.97 Å². The lowest BCUT2D eigenvalue weighted by Gasteiger charge is -2.11. The molecule has 0 N–H and O–H groups in total. The van der Waals surface area contributed by atoms with Crippen molar-refractivity contribution in [1.82, 2.24) is 13.9 Å². The van der Waals surface area contributed by atoms with E-state index in [4.69, 9.17) is 13.9 Å². The molecule has 0 saturated carbocycles. The van der Waals surface area contributed by atoms with Crippen molar-refractivity contribution in [3.05, 3.63) is 53.5 Å². The van der Waals surface area contributed by atoms with Crippen LogP contribution in [0.1, 0.15) is 28.9 Å². The first-order valence-electron chi connectivity index (χ1n) is 10.3. The minimum absolute atomic E-state index is 0.0864. The number of sulfonamides is 1. The van der Waals surface area contributed by atoms with E-state index in [0.29, 0.717) is 34.8 Å². The number of carbonyl (C=O) groups is 1. The van der Waals surface area contributed by atoms with Gasteiger partial charge < -0.3 is 18.5 Å². The number of nitrogens with zero attached hydrogens (tertiary/aromatic N) is 3. The lowest BCUT2D eigenvalue weighted by molar-refractivity contribution is 0.0423. The molecule has 0 saturated heterocycles. The van der Waals surface area contributed by atoms with Crippen molar-refractivity contribution in [2.24, 2.45) is 0 Å². The lowest BCUT2D eigenvalue weighted by Crippen LogP contribution is -2.22. The summed E-state index contributed by atoms with van der Waals surface area (Å²) in [6, 6.07) is 10.1. The molecule has 10 heteroatoms. The molecule has 0 unspecified atom stereocenters. The summed E-state index contributed by atoms with van der Waals surface area (Å²) >= 11 is 0. The summed E-state index contributed by atoms with van der Waals surface area (Å²) in [7, 11) is 0.943. The summed E-state index contributed by atoms with van der Waals surface area (Å²) in [6.07, 6.45) is 0. The third kappa shape index (κ3) is 3.96. The first kappa shape index (κ1) is 22.8. The summed E-state index contributed by atoms with van der Waals surface area (Å²) in [5, 5.41) is 0.775. The highest BCUT2D eigenvalue weighted by Gasteiger charge is 2.22. The Kier molecular flexibility index (Phi) is 5.89. The standard InChI is InChI=1S/C23H25N3O6S/c1-6-26-19-9-8-16(33(28,29)25(3)4)12-18(19)24-21(26)13-31-23(27)22-14(2)17-11-15(30-5)7-10-20(17)32-22/h7-12H,6,13H2,1-5H3. The van der Waals surface area contributed by atoms with Crippen LogP contribution in [-0.2, 0) is 27.9 Å². The fourth-order valence-electron chi connectivity index (χ4n) is 3.71. The third-order valence-electron chi connectivity index (χ3n) is 5.55. The average molecular weight is 472 g/mol. The molecule has 2 aromatic carbocycles. The van der Waals surface area contributed by atoms with Crippen molar-refractivity contribution >= 4 is 38.0 Å². The molecule has 0 aliphatic heterocycles. The second-order valence-corrected chi connectivity index (χ2v) is 9.86. The molecule has 9 nitrogen and oxygen atoms in total. The number of aryl methyl sites for hydroxylation is 2. The molecule has 2 heterocycles. The zero-order valence-electron chi connectivity index (χ0n) is 19.1. The van der Waals surface area contributed by atoms with Crippen molar-refractivity contribution in [2.75, 3.05) is 21.2 Å². The topological polar surface area (TPSA) is 104 Å². The Morgan fingerprint density at radius 3 is 2.61 bits per heavy atom. The van der Waals surface area contributed by atoms with E-state index >= 15 is 0 Å². The number of rotatable bonds is 7. The van der Waals surface area contributed by atoms with Gasteiger partial charge in [0.25, 0.3) is 0 Å². The highest BCUT2D eigenvalue weighted by atomic mass is 32.2. The fraction of sp³-hybridized carbons (Fsp3) is 0.304. The van der Waals surface area contributed by atoms with E-state index < -0.39 is 16.0 Å². The molecule has 0 aliphatic rings. The van der Waals surface area contributed by atoms with Gasteiger partial charge in [0.05, 0.1) is 23.0 Å². The van der Waals surface area contributed by atoms with Crippen molar-refractivity contribution in [3.8, 4) is 5.75 Å². The second kappa shape index (κ2) is 8.53. The predicted molar refractivity (Wildman–Crippen MR) is 123 cm³/mol. The summed E-state index contributed by atoms with van der Waals surface area (Å²) in [6.45, 7) is 4.22. The van der Waals surface area contributed by atoms with Crippen molar-refractivity contribution in [3.63, 3.8) is 0 Å². The number of hydrogen-bond donors (Lipinski definition) is 0. The van der Waals surface area contributed by atoms with Gasteiger partial charge in [-0.05, 0) is 50.2 Å². The monoisotopic (exact) mass is 471 g/mol. The van der Waals surface area contributed by atoms with Gasteiger partial charge in [-0.25, -0.2) is 22.5 Å². The van der Waals surface area contributed by atoms with E-state index in [0.717, 1.165) is 15.2 Å². The van der Waals surface area contributed by atoms with Gasteiger partial charge in [0.15, 0.2) is 0 Å². The lowest BCUT2D eigenvalue weighted by atomic mass is 10.1. The number of esters is 1. The SMILES string of the molecule is CCn1c(COC(=O)c2oc3ccc(OC)cc3c2C)nc2cc(S(=O)(=O)N(C)C)ccc21. The molecule has 0 amide bonds. The molecule has 0 fully saturated rings. The van der Waals surface area contributed by atoms with Gasteiger partial charge in [-0.2, -0.15) is 0 Å². The van der Waals surface area contributed by atoms with Gasteiger partial charge in [-0.3, -0.25) is 0 Å². The highest BCUT2D eigenvalue weighted by molar-refractivity contribution is 7.89. The van der Waals surface area contributed by atoms with Crippen LogP contribution in [0, 0.1) is 6.92 Å². The molecule has 0 atom stereocenters. The summed E-state index contributed by atoms with van der Waals surface area (Å²) in [4.78, 5) is 17.4. The smallest absolute Gasteiger partial charge is 0.375 e.